The van der Waals surface area contributed by atoms with Gasteiger partial charge < -0.3 is 20.1 Å². The molecule has 0 aliphatic rings. The van der Waals surface area contributed by atoms with Crippen molar-refractivity contribution in [2.24, 2.45) is 0 Å². The average Bonchev–Trinajstić information content (AvgIpc) is 2.88. The molecule has 0 saturated heterocycles. The zero-order chi connectivity index (χ0) is 27.5. The molecule has 0 aliphatic heterocycles. The predicted octanol–water partition coefficient (Wildman–Crippen LogP) is 4.98. The molecule has 3 aromatic rings. The minimum atomic E-state index is -0.855. The second kappa shape index (κ2) is 13.5. The largest absolute Gasteiger partial charge is 0.456 e. The Bertz CT molecular complexity index is 1230. The Hall–Kier alpha value is -4.04. The van der Waals surface area contributed by atoms with Gasteiger partial charge in [0.05, 0.1) is 18.2 Å². The number of hydrogen-bond donors (Lipinski definition) is 2. The van der Waals surface area contributed by atoms with Gasteiger partial charge in [0.25, 0.3) is 0 Å². The van der Waals surface area contributed by atoms with Gasteiger partial charge in [-0.15, -0.1) is 0 Å². The Kier molecular flexibility index (Phi) is 10.1. The van der Waals surface area contributed by atoms with Crippen LogP contribution in [0.1, 0.15) is 47.8 Å². The van der Waals surface area contributed by atoms with Crippen molar-refractivity contribution in [3.63, 3.8) is 0 Å². The lowest BCUT2D eigenvalue weighted by Crippen LogP contribution is -2.46. The molecule has 0 unspecified atom stereocenters. The number of amides is 1. The molecule has 0 spiro atoms. The number of ether oxygens (including phenoxy) is 2. The molecule has 3 rings (SSSR count). The van der Waals surface area contributed by atoms with Gasteiger partial charge in [0.2, 0.25) is 0 Å². The molecule has 0 bridgehead atoms. The molecular weight excluding hydrogens is 487 g/mol. The second-order valence-corrected chi connectivity index (χ2v) is 9.83. The quantitative estimate of drug-likeness (QED) is 0.347. The average molecular weight is 521 g/mol. The molecule has 8 heteroatoms. The molecule has 38 heavy (non-hydrogen) atoms. The highest BCUT2D eigenvalue weighted by atomic mass is 19.1. The van der Waals surface area contributed by atoms with Crippen LogP contribution in [0.2, 0.25) is 0 Å². The number of rotatable bonds is 11. The number of carbonyl (C=O) groups is 3. The maximum absolute atomic E-state index is 14.4. The number of Topliss-reactive ketones (excluding diaryl/α,β-unsaturated/α-hetero) is 1. The highest BCUT2D eigenvalue weighted by Gasteiger charge is 2.22. The monoisotopic (exact) mass is 520 g/mol. The number of halogens is 1. The van der Waals surface area contributed by atoms with Crippen LogP contribution in [-0.2, 0) is 33.8 Å². The summed E-state index contributed by atoms with van der Waals surface area (Å²) in [6, 6.07) is 21.6. The fraction of sp³-hybridized carbons (Fsp3) is 0.300. The van der Waals surface area contributed by atoms with Crippen LogP contribution in [0, 0.1) is 5.82 Å². The first-order valence-electron chi connectivity index (χ1n) is 12.4. The molecule has 1 amide bonds. The van der Waals surface area contributed by atoms with E-state index in [1.165, 1.54) is 18.2 Å². The normalized spacial score (nSPS) is 11.9. The van der Waals surface area contributed by atoms with Gasteiger partial charge in [-0.25, -0.2) is 14.0 Å². The van der Waals surface area contributed by atoms with E-state index in [0.29, 0.717) is 0 Å². The third-order valence-corrected chi connectivity index (χ3v) is 5.47. The zero-order valence-corrected chi connectivity index (χ0v) is 21.8. The fourth-order valence-electron chi connectivity index (χ4n) is 3.62. The van der Waals surface area contributed by atoms with Crippen molar-refractivity contribution in [3.05, 3.63) is 107 Å². The third kappa shape index (κ3) is 9.44. The molecule has 0 saturated carbocycles. The summed E-state index contributed by atoms with van der Waals surface area (Å²) in [5.74, 6) is -1.37. The number of hydrogen-bond acceptors (Lipinski definition) is 6. The molecule has 0 heterocycles. The minimum absolute atomic E-state index is 0.00468. The van der Waals surface area contributed by atoms with Gasteiger partial charge in [0.1, 0.15) is 18.0 Å². The van der Waals surface area contributed by atoms with Crippen LogP contribution in [-0.4, -0.2) is 36.0 Å². The van der Waals surface area contributed by atoms with E-state index in [9.17, 15) is 18.8 Å². The van der Waals surface area contributed by atoms with Gasteiger partial charge in [0, 0.05) is 12.1 Å². The maximum atomic E-state index is 14.4. The highest BCUT2D eigenvalue weighted by molar-refractivity contribution is 5.90. The summed E-state index contributed by atoms with van der Waals surface area (Å²) in [7, 11) is 0. The van der Waals surface area contributed by atoms with E-state index in [0.717, 1.165) is 11.1 Å². The molecule has 3 aromatic carbocycles. The van der Waals surface area contributed by atoms with Crippen molar-refractivity contribution in [3.8, 4) is 0 Å². The second-order valence-electron chi connectivity index (χ2n) is 9.83. The van der Waals surface area contributed by atoms with Crippen LogP contribution >= 0.6 is 0 Å². The first kappa shape index (κ1) is 28.5. The Morgan fingerprint density at radius 3 is 2.16 bits per heavy atom. The first-order chi connectivity index (χ1) is 18.1. The standard InChI is InChI=1S/C30H33FN2O5/c1-30(2,3)38-28(35)23-14-15-25(31)24(17-23)18-32-19-27(34)26(16-21-10-6-4-7-11-21)33-29(36)37-20-22-12-8-5-9-13-22/h4-15,17,26,32H,16,18-20H2,1-3H3,(H,33,36)/t26-/m0/s1. The lowest BCUT2D eigenvalue weighted by molar-refractivity contribution is -0.120. The summed E-state index contributed by atoms with van der Waals surface area (Å²) in [6.45, 7) is 5.20. The van der Waals surface area contributed by atoms with Gasteiger partial charge in [0.15, 0.2) is 5.78 Å². The third-order valence-electron chi connectivity index (χ3n) is 5.47. The highest BCUT2D eigenvalue weighted by Crippen LogP contribution is 2.16. The van der Waals surface area contributed by atoms with Crippen LogP contribution < -0.4 is 10.6 Å². The Morgan fingerprint density at radius 1 is 0.895 bits per heavy atom. The van der Waals surface area contributed by atoms with Crippen LogP contribution in [0.3, 0.4) is 0 Å². The van der Waals surface area contributed by atoms with Gasteiger partial charge in [-0.2, -0.15) is 0 Å². The molecule has 0 aromatic heterocycles. The lowest BCUT2D eigenvalue weighted by atomic mass is 10.0. The van der Waals surface area contributed by atoms with E-state index < -0.39 is 29.5 Å². The van der Waals surface area contributed by atoms with E-state index in [1.807, 2.05) is 60.7 Å². The Morgan fingerprint density at radius 2 is 1.53 bits per heavy atom. The van der Waals surface area contributed by atoms with Gasteiger partial charge in [-0.1, -0.05) is 60.7 Å². The molecule has 0 aliphatic carbocycles. The molecule has 200 valence electrons. The summed E-state index contributed by atoms with van der Waals surface area (Å²) in [4.78, 5) is 37.9. The van der Waals surface area contributed by atoms with E-state index in [-0.39, 0.29) is 43.0 Å². The van der Waals surface area contributed by atoms with Crippen LogP contribution in [0.5, 0.6) is 0 Å². The molecule has 0 fully saturated rings. The Labute approximate surface area is 222 Å². The molecule has 1 atom stereocenters. The summed E-state index contributed by atoms with van der Waals surface area (Å²) < 4.78 is 25.0. The van der Waals surface area contributed by atoms with Crippen LogP contribution in [0.15, 0.2) is 78.9 Å². The molecule has 2 N–H and O–H groups in total. The maximum Gasteiger partial charge on any atom is 0.408 e. The lowest BCUT2D eigenvalue weighted by Gasteiger charge is -2.20. The summed E-state index contributed by atoms with van der Waals surface area (Å²) in [5, 5.41) is 5.58. The van der Waals surface area contributed by atoms with E-state index in [2.05, 4.69) is 10.6 Å². The number of nitrogens with one attached hydrogen (secondary N) is 2. The number of carbonyl (C=O) groups excluding carboxylic acids is 3. The SMILES string of the molecule is CC(C)(C)OC(=O)c1ccc(F)c(CNCC(=O)[C@H](Cc2ccccc2)NC(=O)OCc2ccccc2)c1. The van der Waals surface area contributed by atoms with Crippen molar-refractivity contribution in [2.45, 2.75) is 52.0 Å². The molecular formula is C30H33FN2O5. The first-order valence-corrected chi connectivity index (χ1v) is 12.4. The van der Waals surface area contributed by atoms with E-state index >= 15 is 0 Å². The van der Waals surface area contributed by atoms with Gasteiger partial charge >= 0.3 is 12.1 Å². The van der Waals surface area contributed by atoms with Crippen molar-refractivity contribution in [2.75, 3.05) is 6.54 Å². The van der Waals surface area contributed by atoms with Crippen molar-refractivity contribution >= 4 is 17.8 Å². The minimum Gasteiger partial charge on any atom is -0.456 e. The smallest absolute Gasteiger partial charge is 0.408 e. The zero-order valence-electron chi connectivity index (χ0n) is 21.8. The van der Waals surface area contributed by atoms with Crippen molar-refractivity contribution < 1.29 is 28.2 Å². The molecule has 0 radical (unpaired) electrons. The summed E-state index contributed by atoms with van der Waals surface area (Å²) in [5.41, 5.74) is 1.45. The fourth-order valence-corrected chi connectivity index (χ4v) is 3.62. The van der Waals surface area contributed by atoms with E-state index in [1.54, 1.807) is 20.8 Å². The number of alkyl carbamates (subject to hydrolysis) is 1. The topological polar surface area (TPSA) is 93.7 Å². The summed E-state index contributed by atoms with van der Waals surface area (Å²) in [6.07, 6.45) is -0.441. The predicted molar refractivity (Wildman–Crippen MR) is 142 cm³/mol. The van der Waals surface area contributed by atoms with Gasteiger partial charge in [-0.3, -0.25) is 4.79 Å². The number of esters is 1. The van der Waals surface area contributed by atoms with E-state index in [4.69, 9.17) is 9.47 Å². The van der Waals surface area contributed by atoms with Crippen molar-refractivity contribution in [1.29, 1.82) is 0 Å². The number of benzene rings is 3. The van der Waals surface area contributed by atoms with Crippen LogP contribution in [0.4, 0.5) is 9.18 Å². The van der Waals surface area contributed by atoms with Crippen molar-refractivity contribution in [1.82, 2.24) is 10.6 Å². The van der Waals surface area contributed by atoms with Gasteiger partial charge in [-0.05, 0) is 56.5 Å². The number of ketones is 1. The van der Waals surface area contributed by atoms with Crippen LogP contribution in [0.25, 0.3) is 0 Å². The Balaban J connectivity index is 1.61. The summed E-state index contributed by atoms with van der Waals surface area (Å²) >= 11 is 0. The molecule has 7 nitrogen and oxygen atoms in total.